The molecule has 2 aromatic rings. The lowest BCUT2D eigenvalue weighted by atomic mass is 9.97. The van der Waals surface area contributed by atoms with Gasteiger partial charge in [-0.25, -0.2) is 9.47 Å². The van der Waals surface area contributed by atoms with E-state index in [0.717, 1.165) is 60.5 Å². The summed E-state index contributed by atoms with van der Waals surface area (Å²) in [4.78, 5) is 44.2. The van der Waals surface area contributed by atoms with E-state index in [-0.39, 0.29) is 17.9 Å². The smallest absolute Gasteiger partial charge is 0.256 e. The minimum Gasteiger partial charge on any atom is -0.330 e. The average Bonchev–Trinajstić information content (AvgIpc) is 3.30. The summed E-state index contributed by atoms with van der Waals surface area (Å²) in [6, 6.07) is 11.3. The number of aryl methyl sites for hydroxylation is 1. The lowest BCUT2D eigenvalue weighted by Crippen LogP contribution is -2.46. The van der Waals surface area contributed by atoms with Gasteiger partial charge in [-0.2, -0.15) is 4.99 Å². The molecule has 0 bridgehead atoms. The molecule has 2 amide bonds. The Hall–Kier alpha value is -4.21. The van der Waals surface area contributed by atoms with Gasteiger partial charge in [0.25, 0.3) is 5.91 Å². The molecule has 3 aliphatic heterocycles. The number of aliphatic imine (C=N–C) groups is 2. The van der Waals surface area contributed by atoms with Crippen LogP contribution in [0.4, 0.5) is 5.82 Å². The number of allylic oxidation sites excluding steroid dienone is 1. The van der Waals surface area contributed by atoms with E-state index in [1.54, 1.807) is 18.5 Å². The number of carbonyl (C=O) groups is 2. The minimum atomic E-state index is -0.209. The van der Waals surface area contributed by atoms with Crippen LogP contribution in [0.5, 0.6) is 0 Å². The predicted molar refractivity (Wildman–Crippen MR) is 167 cm³/mol. The first-order valence-corrected chi connectivity index (χ1v) is 14.7. The number of fused-ring (bicyclic) bond motifs is 1. The quantitative estimate of drug-likeness (QED) is 0.350. The number of nitrogens with one attached hydrogen (secondary N) is 1. The number of nitrogens with zero attached hydrogens (tertiary/aromatic N) is 6. The van der Waals surface area contributed by atoms with Crippen LogP contribution in [0.1, 0.15) is 54.1 Å². The number of amides is 2. The van der Waals surface area contributed by atoms with Gasteiger partial charge in [-0.15, -0.1) is 0 Å². The molecule has 9 nitrogen and oxygen atoms in total. The fourth-order valence-electron chi connectivity index (χ4n) is 5.71. The minimum absolute atomic E-state index is 0.0147. The van der Waals surface area contributed by atoms with E-state index in [0.29, 0.717) is 29.0 Å². The lowest BCUT2D eigenvalue weighted by molar-refractivity contribution is -0.713. The number of amidine groups is 1. The van der Waals surface area contributed by atoms with E-state index >= 15 is 0 Å². The second-order valence-electron chi connectivity index (χ2n) is 11.4. The van der Waals surface area contributed by atoms with Crippen molar-refractivity contribution >= 4 is 29.7 Å². The number of quaternary nitrogens is 1. The van der Waals surface area contributed by atoms with Crippen LogP contribution in [0, 0.1) is 0 Å². The Balaban J connectivity index is 1.39. The van der Waals surface area contributed by atoms with Gasteiger partial charge in [-0.3, -0.25) is 14.6 Å². The second kappa shape index (κ2) is 12.8. The molecule has 2 unspecified atom stereocenters. The highest BCUT2D eigenvalue weighted by molar-refractivity contribution is 6.05. The summed E-state index contributed by atoms with van der Waals surface area (Å²) in [6.07, 6.45) is 15.8. The number of carbonyl (C=O) groups excluding carboxylic acids is 2. The van der Waals surface area contributed by atoms with Crippen molar-refractivity contribution in [3.63, 3.8) is 0 Å². The number of anilines is 1. The number of aromatic nitrogens is 1. The predicted octanol–water partition coefficient (Wildman–Crippen LogP) is 4.76. The summed E-state index contributed by atoms with van der Waals surface area (Å²) in [7, 11) is 6.05. The summed E-state index contributed by atoms with van der Waals surface area (Å²) >= 11 is 0. The summed E-state index contributed by atoms with van der Waals surface area (Å²) < 4.78 is 0.355. The maximum Gasteiger partial charge on any atom is 0.256 e. The van der Waals surface area contributed by atoms with Crippen LogP contribution in [0.2, 0.25) is 0 Å². The molecule has 1 aromatic heterocycles. The molecule has 42 heavy (non-hydrogen) atoms. The van der Waals surface area contributed by atoms with Crippen LogP contribution in [0.25, 0.3) is 0 Å². The van der Waals surface area contributed by atoms with Crippen LogP contribution in [0.15, 0.2) is 88.5 Å². The lowest BCUT2D eigenvalue weighted by Gasteiger charge is -2.35. The van der Waals surface area contributed by atoms with Crippen molar-refractivity contribution in [2.75, 3.05) is 39.5 Å². The second-order valence-corrected chi connectivity index (χ2v) is 11.4. The zero-order chi connectivity index (χ0) is 29.7. The Morgan fingerprint density at radius 1 is 1.17 bits per heavy atom. The third kappa shape index (κ3) is 6.17. The van der Waals surface area contributed by atoms with E-state index in [4.69, 9.17) is 4.99 Å². The van der Waals surface area contributed by atoms with Gasteiger partial charge in [-0.05, 0) is 81.7 Å². The van der Waals surface area contributed by atoms with E-state index in [1.807, 2.05) is 78.8 Å². The summed E-state index contributed by atoms with van der Waals surface area (Å²) in [5, 5.41) is 2.92. The number of pyridine rings is 1. The number of hydrogen-bond donors (Lipinski definition) is 1. The van der Waals surface area contributed by atoms with Crippen LogP contribution >= 0.6 is 0 Å². The van der Waals surface area contributed by atoms with Crippen LogP contribution in [0.3, 0.4) is 0 Å². The number of piperidine rings is 1. The van der Waals surface area contributed by atoms with E-state index in [9.17, 15) is 9.59 Å². The van der Waals surface area contributed by atoms with Crippen LogP contribution in [-0.4, -0.2) is 83.4 Å². The van der Waals surface area contributed by atoms with Crippen molar-refractivity contribution < 1.29 is 14.1 Å². The Morgan fingerprint density at radius 2 is 1.98 bits per heavy atom. The monoisotopic (exact) mass is 566 g/mol. The van der Waals surface area contributed by atoms with Crippen LogP contribution in [-0.2, 0) is 11.2 Å². The van der Waals surface area contributed by atoms with E-state index < -0.39 is 0 Å². The molecule has 3 aliphatic rings. The first kappa shape index (κ1) is 29.3. The van der Waals surface area contributed by atoms with Gasteiger partial charge >= 0.3 is 0 Å². The fraction of sp³-hybridized carbons (Fsp3) is 0.364. The third-order valence-electron chi connectivity index (χ3n) is 7.92. The molecule has 9 heteroatoms. The summed E-state index contributed by atoms with van der Waals surface area (Å²) in [5.41, 5.74) is 4.45. The first-order chi connectivity index (χ1) is 20.3. The van der Waals surface area contributed by atoms with Crippen molar-refractivity contribution in [2.24, 2.45) is 9.98 Å². The molecule has 1 saturated heterocycles. The van der Waals surface area contributed by atoms with Crippen molar-refractivity contribution in [1.82, 2.24) is 14.8 Å². The zero-order valence-corrected chi connectivity index (χ0v) is 25.0. The molecule has 1 aromatic carbocycles. The molecule has 2 atom stereocenters. The van der Waals surface area contributed by atoms with Crippen molar-refractivity contribution in [2.45, 2.75) is 45.1 Å². The van der Waals surface area contributed by atoms with Crippen LogP contribution < -0.4 is 5.32 Å². The van der Waals surface area contributed by atoms with Crippen molar-refractivity contribution in [3.8, 4) is 0 Å². The van der Waals surface area contributed by atoms with E-state index in [1.165, 1.54) is 0 Å². The molecular weight excluding hydrogens is 526 g/mol. The standard InChI is InChI=1S/C33H39N7O2/c1-5-9-24-16-17-35-29(22-24)36-33(42)26-14-12-25(13-15-26)32-37-31(28-23-34-18-21-40(28,32)4)27-10-6-7-20-39(27)30(41)11-8-19-38(2)3/h8,11-18,21-23,27H,5-7,9-10,19-20H2,1-4H3/p+1/b11-8+. The van der Waals surface area contributed by atoms with Crippen molar-refractivity contribution in [3.05, 3.63) is 95.2 Å². The SMILES string of the molecule is CCCc1ccnc(NC(=O)c2ccc(C3=NC(C4CCCCN4C(=O)/C=C/CN(C)C)=C4C=NC=C[N+]34C)cc2)c1. The van der Waals surface area contributed by atoms with Gasteiger partial charge < -0.3 is 15.1 Å². The first-order valence-electron chi connectivity index (χ1n) is 14.7. The molecule has 4 heterocycles. The van der Waals surface area contributed by atoms with Gasteiger partial charge in [0.1, 0.15) is 17.7 Å². The normalized spacial score (nSPS) is 21.7. The maximum absolute atomic E-state index is 13.3. The molecule has 0 aliphatic carbocycles. The van der Waals surface area contributed by atoms with Gasteiger partial charge in [0.2, 0.25) is 11.7 Å². The Morgan fingerprint density at radius 3 is 2.74 bits per heavy atom. The largest absolute Gasteiger partial charge is 0.330 e. The molecule has 1 N–H and O–H groups in total. The molecule has 1 fully saturated rings. The molecule has 5 rings (SSSR count). The fourth-order valence-corrected chi connectivity index (χ4v) is 5.71. The molecular formula is C33H40N7O2+. The number of hydrogen-bond acceptors (Lipinski definition) is 6. The Kier molecular flexibility index (Phi) is 8.89. The number of benzene rings is 1. The van der Waals surface area contributed by atoms with Gasteiger partial charge in [0.15, 0.2) is 5.70 Å². The molecule has 0 radical (unpaired) electrons. The van der Waals surface area contributed by atoms with E-state index in [2.05, 4.69) is 29.3 Å². The zero-order valence-electron chi connectivity index (χ0n) is 25.0. The summed E-state index contributed by atoms with van der Waals surface area (Å²) in [5.74, 6) is 1.19. The Labute approximate surface area is 248 Å². The molecule has 218 valence electrons. The van der Waals surface area contributed by atoms with Gasteiger partial charge in [-0.1, -0.05) is 19.4 Å². The maximum atomic E-state index is 13.3. The Bertz CT molecular complexity index is 1490. The highest BCUT2D eigenvalue weighted by atomic mass is 16.2. The molecule has 0 spiro atoms. The highest BCUT2D eigenvalue weighted by Gasteiger charge is 2.46. The molecule has 0 saturated carbocycles. The summed E-state index contributed by atoms with van der Waals surface area (Å²) in [6.45, 7) is 3.54. The highest BCUT2D eigenvalue weighted by Crippen LogP contribution is 2.38. The topological polar surface area (TPSA) is 90.3 Å². The number of likely N-dealkylation sites (tertiary alicyclic amines) is 1. The van der Waals surface area contributed by atoms with Gasteiger partial charge in [0.05, 0.1) is 31.1 Å². The third-order valence-corrected chi connectivity index (χ3v) is 7.92. The van der Waals surface area contributed by atoms with Gasteiger partial charge in [0, 0.05) is 30.9 Å². The number of likely N-dealkylation sites (N-methyl/N-ethyl adjacent to an activating group) is 1. The van der Waals surface area contributed by atoms with Crippen molar-refractivity contribution in [1.29, 1.82) is 0 Å². The number of rotatable bonds is 9. The average molecular weight is 567 g/mol.